The van der Waals surface area contributed by atoms with E-state index < -0.39 is 11.8 Å². The standard InChI is InChI=1S/C20H24N2O5/c1-13-7-5-6-8-15(13)18(27-4)12-21-19(23)20(24)22-14-9-10-16(25-2)17(11-14)26-3/h5-11,18H,12H2,1-4H3,(H,21,23)(H,22,24). The van der Waals surface area contributed by atoms with Gasteiger partial charge in [0.2, 0.25) is 0 Å². The summed E-state index contributed by atoms with van der Waals surface area (Å²) in [6.45, 7) is 2.15. The average molecular weight is 372 g/mol. The SMILES string of the molecule is COc1ccc(NC(=O)C(=O)NCC(OC)c2ccccc2C)cc1OC. The van der Waals surface area contributed by atoms with E-state index in [1.807, 2.05) is 31.2 Å². The molecule has 0 bridgehead atoms. The molecule has 0 spiro atoms. The Morgan fingerprint density at radius 2 is 1.67 bits per heavy atom. The van der Waals surface area contributed by atoms with E-state index >= 15 is 0 Å². The Bertz CT molecular complexity index is 807. The second-order valence-electron chi connectivity index (χ2n) is 5.81. The van der Waals surface area contributed by atoms with E-state index in [0.717, 1.165) is 11.1 Å². The van der Waals surface area contributed by atoms with Crippen molar-refractivity contribution in [2.75, 3.05) is 33.2 Å². The van der Waals surface area contributed by atoms with Gasteiger partial charge in [-0.2, -0.15) is 0 Å². The molecule has 1 unspecified atom stereocenters. The number of aryl methyl sites for hydroxylation is 1. The van der Waals surface area contributed by atoms with E-state index in [1.165, 1.54) is 14.2 Å². The number of ether oxygens (including phenoxy) is 3. The first kappa shape index (κ1) is 20.3. The molecular weight excluding hydrogens is 348 g/mol. The van der Waals surface area contributed by atoms with Crippen molar-refractivity contribution in [1.82, 2.24) is 5.32 Å². The largest absolute Gasteiger partial charge is 0.493 e. The van der Waals surface area contributed by atoms with E-state index in [9.17, 15) is 9.59 Å². The minimum atomic E-state index is -0.776. The highest BCUT2D eigenvalue weighted by molar-refractivity contribution is 6.39. The minimum Gasteiger partial charge on any atom is -0.493 e. The molecule has 2 rings (SSSR count). The number of nitrogens with one attached hydrogen (secondary N) is 2. The van der Waals surface area contributed by atoms with Crippen LogP contribution in [-0.2, 0) is 14.3 Å². The van der Waals surface area contributed by atoms with Gasteiger partial charge in [0, 0.05) is 25.4 Å². The lowest BCUT2D eigenvalue weighted by Gasteiger charge is -2.18. The van der Waals surface area contributed by atoms with Gasteiger partial charge in [0.05, 0.1) is 20.3 Å². The summed E-state index contributed by atoms with van der Waals surface area (Å²) in [5, 5.41) is 5.13. The van der Waals surface area contributed by atoms with E-state index in [0.29, 0.717) is 17.2 Å². The molecule has 0 fully saturated rings. The van der Waals surface area contributed by atoms with Crippen LogP contribution < -0.4 is 20.1 Å². The van der Waals surface area contributed by atoms with Gasteiger partial charge >= 0.3 is 11.8 Å². The zero-order valence-corrected chi connectivity index (χ0v) is 15.9. The summed E-state index contributed by atoms with van der Waals surface area (Å²) in [5.41, 5.74) is 2.43. The molecule has 2 amide bonds. The fourth-order valence-corrected chi connectivity index (χ4v) is 2.64. The quantitative estimate of drug-likeness (QED) is 0.729. The molecule has 0 saturated heterocycles. The summed E-state index contributed by atoms with van der Waals surface area (Å²) in [7, 11) is 4.57. The van der Waals surface area contributed by atoms with Crippen LogP contribution in [0.3, 0.4) is 0 Å². The topological polar surface area (TPSA) is 85.9 Å². The molecule has 1 atom stereocenters. The molecule has 144 valence electrons. The van der Waals surface area contributed by atoms with Crippen LogP contribution in [0.4, 0.5) is 5.69 Å². The summed E-state index contributed by atoms with van der Waals surface area (Å²) in [4.78, 5) is 24.3. The number of rotatable bonds is 7. The summed E-state index contributed by atoms with van der Waals surface area (Å²) >= 11 is 0. The van der Waals surface area contributed by atoms with Crippen molar-refractivity contribution in [3.8, 4) is 11.5 Å². The summed E-state index contributed by atoms with van der Waals surface area (Å²) in [5.74, 6) is -0.543. The second-order valence-corrected chi connectivity index (χ2v) is 5.81. The monoisotopic (exact) mass is 372 g/mol. The van der Waals surface area contributed by atoms with Gasteiger partial charge < -0.3 is 24.8 Å². The van der Waals surface area contributed by atoms with Crippen molar-refractivity contribution in [3.63, 3.8) is 0 Å². The third-order valence-electron chi connectivity index (χ3n) is 4.12. The maximum absolute atomic E-state index is 12.1. The summed E-state index contributed by atoms with van der Waals surface area (Å²) in [6, 6.07) is 12.6. The second kappa shape index (κ2) is 9.59. The molecule has 27 heavy (non-hydrogen) atoms. The lowest BCUT2D eigenvalue weighted by atomic mass is 10.0. The Kier molecular flexibility index (Phi) is 7.19. The van der Waals surface area contributed by atoms with Crippen LogP contribution in [0.15, 0.2) is 42.5 Å². The number of amides is 2. The number of hydrogen-bond donors (Lipinski definition) is 2. The van der Waals surface area contributed by atoms with Gasteiger partial charge in [0.1, 0.15) is 0 Å². The first-order valence-electron chi connectivity index (χ1n) is 8.39. The van der Waals surface area contributed by atoms with Crippen molar-refractivity contribution in [1.29, 1.82) is 0 Å². The summed E-state index contributed by atoms with van der Waals surface area (Å²) < 4.78 is 15.8. The first-order chi connectivity index (χ1) is 13.0. The van der Waals surface area contributed by atoms with Crippen LogP contribution in [0.5, 0.6) is 11.5 Å². The molecule has 0 aliphatic carbocycles. The number of hydrogen-bond acceptors (Lipinski definition) is 5. The highest BCUT2D eigenvalue weighted by Crippen LogP contribution is 2.29. The fraction of sp³-hybridized carbons (Fsp3) is 0.300. The van der Waals surface area contributed by atoms with Crippen LogP contribution in [0.2, 0.25) is 0 Å². The van der Waals surface area contributed by atoms with Gasteiger partial charge in [-0.15, -0.1) is 0 Å². The smallest absolute Gasteiger partial charge is 0.313 e. The Morgan fingerprint density at radius 3 is 2.30 bits per heavy atom. The molecule has 0 aliphatic heterocycles. The van der Waals surface area contributed by atoms with Gasteiger partial charge in [0.25, 0.3) is 0 Å². The Hall–Kier alpha value is -3.06. The van der Waals surface area contributed by atoms with Crippen molar-refractivity contribution >= 4 is 17.5 Å². The number of benzene rings is 2. The lowest BCUT2D eigenvalue weighted by Crippen LogP contribution is -2.38. The van der Waals surface area contributed by atoms with Crippen LogP contribution in [-0.4, -0.2) is 39.7 Å². The number of methoxy groups -OCH3 is 3. The van der Waals surface area contributed by atoms with Gasteiger partial charge in [-0.1, -0.05) is 24.3 Å². The van der Waals surface area contributed by atoms with Crippen LogP contribution in [0.25, 0.3) is 0 Å². The van der Waals surface area contributed by atoms with Crippen molar-refractivity contribution < 1.29 is 23.8 Å². The Labute approximate surface area is 158 Å². The number of carbonyl (C=O) groups excluding carboxylic acids is 2. The molecule has 0 saturated carbocycles. The van der Waals surface area contributed by atoms with Gasteiger partial charge in [-0.25, -0.2) is 0 Å². The maximum atomic E-state index is 12.1. The molecular formula is C20H24N2O5. The zero-order valence-electron chi connectivity index (χ0n) is 15.9. The van der Waals surface area contributed by atoms with Gasteiger partial charge in [-0.05, 0) is 30.2 Å². The van der Waals surface area contributed by atoms with Crippen LogP contribution in [0, 0.1) is 6.92 Å². The molecule has 7 nitrogen and oxygen atoms in total. The maximum Gasteiger partial charge on any atom is 0.313 e. The normalized spacial score (nSPS) is 11.4. The van der Waals surface area contributed by atoms with E-state index in [1.54, 1.807) is 25.3 Å². The molecule has 2 aromatic rings. The van der Waals surface area contributed by atoms with Gasteiger partial charge in [-0.3, -0.25) is 9.59 Å². The lowest BCUT2D eigenvalue weighted by molar-refractivity contribution is -0.136. The van der Waals surface area contributed by atoms with Crippen molar-refractivity contribution in [2.45, 2.75) is 13.0 Å². The third kappa shape index (κ3) is 5.21. The molecule has 0 aliphatic rings. The molecule has 2 N–H and O–H groups in total. The fourth-order valence-electron chi connectivity index (χ4n) is 2.64. The number of carbonyl (C=O) groups is 2. The third-order valence-corrected chi connectivity index (χ3v) is 4.12. The predicted molar refractivity (Wildman–Crippen MR) is 102 cm³/mol. The van der Waals surface area contributed by atoms with Crippen LogP contribution >= 0.6 is 0 Å². The van der Waals surface area contributed by atoms with Crippen molar-refractivity contribution in [3.05, 3.63) is 53.6 Å². The molecule has 0 heterocycles. The minimum absolute atomic E-state index is 0.180. The predicted octanol–water partition coefficient (Wildman–Crippen LogP) is 2.45. The van der Waals surface area contributed by atoms with Crippen LogP contribution in [0.1, 0.15) is 17.2 Å². The molecule has 0 radical (unpaired) electrons. The average Bonchev–Trinajstić information content (AvgIpc) is 2.69. The van der Waals surface area contributed by atoms with E-state index in [2.05, 4.69) is 10.6 Å². The molecule has 7 heteroatoms. The summed E-state index contributed by atoms with van der Waals surface area (Å²) in [6.07, 6.45) is -0.343. The van der Waals surface area contributed by atoms with Crippen molar-refractivity contribution in [2.24, 2.45) is 0 Å². The molecule has 0 aromatic heterocycles. The van der Waals surface area contributed by atoms with Gasteiger partial charge in [0.15, 0.2) is 11.5 Å². The highest BCUT2D eigenvalue weighted by atomic mass is 16.5. The first-order valence-corrected chi connectivity index (χ1v) is 8.39. The Morgan fingerprint density at radius 1 is 0.963 bits per heavy atom. The van der Waals surface area contributed by atoms with E-state index in [-0.39, 0.29) is 12.6 Å². The molecule has 2 aromatic carbocycles. The Balaban J connectivity index is 1.97. The highest BCUT2D eigenvalue weighted by Gasteiger charge is 2.18. The van der Waals surface area contributed by atoms with E-state index in [4.69, 9.17) is 14.2 Å². The number of anilines is 1. The zero-order chi connectivity index (χ0) is 19.8.